The van der Waals surface area contributed by atoms with Crippen molar-refractivity contribution in [3.63, 3.8) is 0 Å². The molecule has 1 rings (SSSR count). The van der Waals surface area contributed by atoms with E-state index in [2.05, 4.69) is 0 Å². The quantitative estimate of drug-likeness (QED) is 0.677. The molecule has 2 amide bonds. The van der Waals surface area contributed by atoms with Gasteiger partial charge in [0.25, 0.3) is 0 Å². The van der Waals surface area contributed by atoms with Crippen molar-refractivity contribution in [2.45, 2.75) is 65.2 Å². The van der Waals surface area contributed by atoms with E-state index in [0.29, 0.717) is 0 Å². The van der Waals surface area contributed by atoms with Gasteiger partial charge in [0.05, 0.1) is 6.07 Å². The zero-order chi connectivity index (χ0) is 18.0. The Morgan fingerprint density at radius 2 is 1.57 bits per heavy atom. The second-order valence-electron chi connectivity index (χ2n) is 7.25. The van der Waals surface area contributed by atoms with E-state index < -0.39 is 29.4 Å². The van der Waals surface area contributed by atoms with Gasteiger partial charge in [-0.1, -0.05) is 0 Å². The summed E-state index contributed by atoms with van der Waals surface area (Å²) in [6.45, 7) is 9.65. The lowest BCUT2D eigenvalue weighted by atomic mass is 10.1. The lowest BCUT2D eigenvalue weighted by Gasteiger charge is -2.40. The Hall–Kier alpha value is -2.30. The van der Waals surface area contributed by atoms with Crippen LogP contribution in [0.4, 0.5) is 9.59 Å². The van der Waals surface area contributed by atoms with Crippen LogP contribution in [0.5, 0.6) is 0 Å². The molecule has 128 valence electrons. The number of hydrogen-bond acceptors (Lipinski definition) is 6. The molecule has 1 saturated heterocycles. The maximum absolute atomic E-state index is 12.4. The topological polar surface area (TPSA) is 99.9 Å². The zero-order valence-electron chi connectivity index (χ0n) is 14.4. The molecule has 0 aliphatic carbocycles. The number of nitrogens with zero attached hydrogens (tertiary/aromatic N) is 3. The summed E-state index contributed by atoms with van der Waals surface area (Å²) >= 11 is 0. The number of rotatable bonds is 0. The Balaban J connectivity index is 3.10. The van der Waals surface area contributed by atoms with E-state index in [1.165, 1.54) is 0 Å². The molecule has 8 heteroatoms. The van der Waals surface area contributed by atoms with Crippen molar-refractivity contribution < 1.29 is 23.9 Å². The van der Waals surface area contributed by atoms with Crippen molar-refractivity contribution in [1.82, 2.24) is 10.0 Å². The van der Waals surface area contributed by atoms with E-state index in [-0.39, 0.29) is 18.7 Å². The number of nitriles is 1. The van der Waals surface area contributed by atoms with Gasteiger partial charge in [0.15, 0.2) is 11.8 Å². The highest BCUT2D eigenvalue weighted by Gasteiger charge is 2.43. The normalized spacial score (nSPS) is 19.2. The van der Waals surface area contributed by atoms with E-state index >= 15 is 0 Å². The standard InChI is InChI=1S/C15H23N3O5/c1-14(2,3)22-12(20)17-9-11(19)7-10(8-16)18(17)13(21)23-15(4,5)6/h10H,7,9H2,1-6H3. The minimum atomic E-state index is -1.11. The van der Waals surface area contributed by atoms with Gasteiger partial charge in [-0.05, 0) is 41.5 Å². The molecular formula is C15H23N3O5. The number of ether oxygens (including phenoxy) is 2. The summed E-state index contributed by atoms with van der Waals surface area (Å²) in [4.78, 5) is 36.4. The number of carbonyl (C=O) groups excluding carboxylic acids is 3. The number of amides is 2. The molecule has 8 nitrogen and oxygen atoms in total. The van der Waals surface area contributed by atoms with Crippen LogP contribution in [0.1, 0.15) is 48.0 Å². The molecule has 0 bridgehead atoms. The van der Waals surface area contributed by atoms with Gasteiger partial charge < -0.3 is 9.47 Å². The van der Waals surface area contributed by atoms with Crippen molar-refractivity contribution in [1.29, 1.82) is 5.26 Å². The number of hydrazine groups is 1. The summed E-state index contributed by atoms with van der Waals surface area (Å²) in [5.41, 5.74) is -1.61. The molecule has 23 heavy (non-hydrogen) atoms. The summed E-state index contributed by atoms with van der Waals surface area (Å²) in [6.07, 6.45) is -1.91. The van der Waals surface area contributed by atoms with Crippen molar-refractivity contribution in [3.05, 3.63) is 0 Å². The first-order valence-electron chi connectivity index (χ1n) is 7.28. The first-order chi connectivity index (χ1) is 10.3. The molecule has 0 saturated carbocycles. The summed E-state index contributed by atoms with van der Waals surface area (Å²) in [6, 6.07) is 0.741. The van der Waals surface area contributed by atoms with Gasteiger partial charge in [-0.15, -0.1) is 0 Å². The molecule has 0 aromatic rings. The molecule has 0 aromatic carbocycles. The third-order valence-electron chi connectivity index (χ3n) is 2.64. The first-order valence-corrected chi connectivity index (χ1v) is 7.28. The molecule has 0 N–H and O–H groups in total. The smallest absolute Gasteiger partial charge is 0.430 e. The van der Waals surface area contributed by atoms with Crippen molar-refractivity contribution >= 4 is 18.0 Å². The maximum Gasteiger partial charge on any atom is 0.430 e. The van der Waals surface area contributed by atoms with Crippen molar-refractivity contribution in [2.24, 2.45) is 0 Å². The monoisotopic (exact) mass is 325 g/mol. The third-order valence-corrected chi connectivity index (χ3v) is 2.64. The maximum atomic E-state index is 12.4. The van der Waals surface area contributed by atoms with Crippen LogP contribution in [0.3, 0.4) is 0 Å². The lowest BCUT2D eigenvalue weighted by Crippen LogP contribution is -2.61. The zero-order valence-corrected chi connectivity index (χ0v) is 14.4. The second-order valence-corrected chi connectivity index (χ2v) is 7.25. The first kappa shape index (κ1) is 18.7. The Morgan fingerprint density at radius 3 is 2.00 bits per heavy atom. The van der Waals surface area contributed by atoms with Crippen LogP contribution >= 0.6 is 0 Å². The SMILES string of the molecule is CC(C)(C)OC(=O)N1CC(=O)CC(C#N)N1C(=O)OC(C)(C)C. The van der Waals surface area contributed by atoms with E-state index in [1.54, 1.807) is 41.5 Å². The Kier molecular flexibility index (Phi) is 5.25. The molecule has 0 radical (unpaired) electrons. The Morgan fingerprint density at radius 1 is 1.09 bits per heavy atom. The van der Waals surface area contributed by atoms with Crippen LogP contribution in [-0.4, -0.2) is 51.8 Å². The van der Waals surface area contributed by atoms with Crippen LogP contribution in [-0.2, 0) is 14.3 Å². The molecule has 1 fully saturated rings. The highest BCUT2D eigenvalue weighted by molar-refractivity contribution is 5.88. The van der Waals surface area contributed by atoms with Gasteiger partial charge in [0.2, 0.25) is 0 Å². The van der Waals surface area contributed by atoms with Crippen LogP contribution in [0.25, 0.3) is 0 Å². The summed E-state index contributed by atoms with van der Waals surface area (Å²) in [5, 5.41) is 10.9. The molecule has 1 unspecified atom stereocenters. The molecule has 1 heterocycles. The fraction of sp³-hybridized carbons (Fsp3) is 0.733. The third kappa shape index (κ3) is 5.43. The summed E-state index contributed by atoms with van der Waals surface area (Å²) < 4.78 is 10.4. The lowest BCUT2D eigenvalue weighted by molar-refractivity contribution is -0.135. The Labute approximate surface area is 135 Å². The van der Waals surface area contributed by atoms with Gasteiger partial charge in [-0.3, -0.25) is 4.79 Å². The van der Waals surface area contributed by atoms with E-state index in [0.717, 1.165) is 10.0 Å². The highest BCUT2D eigenvalue weighted by Crippen LogP contribution is 2.22. The number of hydrogen-bond donors (Lipinski definition) is 0. The number of ketones is 1. The van der Waals surface area contributed by atoms with Gasteiger partial charge in [0, 0.05) is 6.42 Å². The highest BCUT2D eigenvalue weighted by atomic mass is 16.6. The van der Waals surface area contributed by atoms with Crippen LogP contribution in [0.2, 0.25) is 0 Å². The van der Waals surface area contributed by atoms with E-state index in [4.69, 9.17) is 9.47 Å². The van der Waals surface area contributed by atoms with Crippen LogP contribution in [0.15, 0.2) is 0 Å². The van der Waals surface area contributed by atoms with E-state index in [9.17, 15) is 19.6 Å². The van der Waals surface area contributed by atoms with E-state index in [1.807, 2.05) is 6.07 Å². The second kappa shape index (κ2) is 6.44. The number of Topliss-reactive ketones (excluding diaryl/α,β-unsaturated/α-hetero) is 1. The van der Waals surface area contributed by atoms with Crippen LogP contribution in [0, 0.1) is 11.3 Å². The molecule has 1 atom stereocenters. The largest absolute Gasteiger partial charge is 0.442 e. The van der Waals surface area contributed by atoms with Gasteiger partial charge >= 0.3 is 12.2 Å². The predicted molar refractivity (Wildman–Crippen MR) is 80.0 cm³/mol. The summed E-state index contributed by atoms with van der Waals surface area (Å²) in [7, 11) is 0. The Bertz CT molecular complexity index is 539. The fourth-order valence-corrected chi connectivity index (χ4v) is 1.88. The van der Waals surface area contributed by atoms with Crippen molar-refractivity contribution in [3.8, 4) is 6.07 Å². The number of carbonyl (C=O) groups is 3. The predicted octanol–water partition coefficient (Wildman–Crippen LogP) is 2.24. The van der Waals surface area contributed by atoms with Gasteiger partial charge in [0.1, 0.15) is 17.7 Å². The average molecular weight is 325 g/mol. The minimum Gasteiger partial charge on any atom is -0.442 e. The molecular weight excluding hydrogens is 302 g/mol. The van der Waals surface area contributed by atoms with Gasteiger partial charge in [-0.2, -0.15) is 10.3 Å². The summed E-state index contributed by atoms with van der Waals surface area (Å²) in [5.74, 6) is -0.331. The molecule has 0 spiro atoms. The van der Waals surface area contributed by atoms with Crippen molar-refractivity contribution in [2.75, 3.05) is 6.54 Å². The fourth-order valence-electron chi connectivity index (χ4n) is 1.88. The van der Waals surface area contributed by atoms with Gasteiger partial charge in [-0.25, -0.2) is 14.6 Å². The minimum absolute atomic E-state index is 0.158. The van der Waals surface area contributed by atoms with Crippen LogP contribution < -0.4 is 0 Å². The molecule has 1 aliphatic heterocycles. The average Bonchev–Trinajstić information content (AvgIpc) is 2.33. The molecule has 1 aliphatic rings. The molecule has 0 aromatic heterocycles.